The van der Waals surface area contributed by atoms with Crippen LogP contribution in [0.2, 0.25) is 0 Å². The van der Waals surface area contributed by atoms with Gasteiger partial charge in [0.05, 0.1) is 35.8 Å². The van der Waals surface area contributed by atoms with E-state index in [2.05, 4.69) is 17.7 Å². The number of rotatable bonds is 4. The second-order valence-corrected chi connectivity index (χ2v) is 11.4. The standard InChI is InChI=1S/C26H29N5O3S/c1-16-9-10-22(29-35(4,33)34)21(11-16)26(32)30-15-20-8-6-5-7-19(20)12-24(30)23-13-25-27-18(3)17(2)14-31(25)28-23/h5-11,13,17,24,29H,12,14-15H2,1-4H3/t17?,24-/m0/s1. The van der Waals surface area contributed by atoms with Crippen molar-refractivity contribution in [3.63, 3.8) is 0 Å². The van der Waals surface area contributed by atoms with Crippen LogP contribution in [0.4, 0.5) is 11.5 Å². The quantitative estimate of drug-likeness (QED) is 0.590. The van der Waals surface area contributed by atoms with Crippen LogP contribution in [-0.4, -0.2) is 41.0 Å². The summed E-state index contributed by atoms with van der Waals surface area (Å²) in [7, 11) is -3.55. The van der Waals surface area contributed by atoms with E-state index in [9.17, 15) is 13.2 Å². The molecule has 1 unspecified atom stereocenters. The van der Waals surface area contributed by atoms with Gasteiger partial charge in [0.2, 0.25) is 10.0 Å². The molecule has 9 heteroatoms. The Labute approximate surface area is 205 Å². The van der Waals surface area contributed by atoms with Crippen molar-refractivity contribution >= 4 is 33.1 Å². The maximum atomic E-state index is 14.0. The van der Waals surface area contributed by atoms with E-state index in [-0.39, 0.29) is 17.6 Å². The fourth-order valence-electron chi connectivity index (χ4n) is 4.77. The third-order valence-corrected chi connectivity index (χ3v) is 7.37. The van der Waals surface area contributed by atoms with Crippen molar-refractivity contribution in [2.45, 2.75) is 46.3 Å². The first-order valence-electron chi connectivity index (χ1n) is 11.7. The molecular weight excluding hydrogens is 462 g/mol. The Kier molecular flexibility index (Phi) is 5.75. The number of fused-ring (bicyclic) bond motifs is 2. The van der Waals surface area contributed by atoms with Gasteiger partial charge in [0.1, 0.15) is 0 Å². The van der Waals surface area contributed by atoms with Gasteiger partial charge in [-0.25, -0.2) is 18.1 Å². The highest BCUT2D eigenvalue weighted by Gasteiger charge is 2.35. The molecule has 0 bridgehead atoms. The van der Waals surface area contributed by atoms with Gasteiger partial charge in [-0.1, -0.05) is 42.8 Å². The molecule has 2 aliphatic heterocycles. The predicted molar refractivity (Wildman–Crippen MR) is 137 cm³/mol. The zero-order valence-corrected chi connectivity index (χ0v) is 21.1. The van der Waals surface area contributed by atoms with E-state index in [1.54, 1.807) is 23.1 Å². The van der Waals surface area contributed by atoms with E-state index in [1.807, 2.05) is 42.8 Å². The number of amides is 1. The number of benzene rings is 2. The van der Waals surface area contributed by atoms with Gasteiger partial charge in [-0.2, -0.15) is 5.10 Å². The Hall–Kier alpha value is -3.46. The second-order valence-electron chi connectivity index (χ2n) is 9.61. The lowest BCUT2D eigenvalue weighted by Crippen LogP contribution is -2.39. The lowest BCUT2D eigenvalue weighted by Gasteiger charge is -2.36. The van der Waals surface area contributed by atoms with Gasteiger partial charge in [0.15, 0.2) is 5.82 Å². The minimum atomic E-state index is -3.55. The largest absolute Gasteiger partial charge is 0.325 e. The van der Waals surface area contributed by atoms with Gasteiger partial charge < -0.3 is 4.90 Å². The van der Waals surface area contributed by atoms with E-state index in [0.29, 0.717) is 24.4 Å². The summed E-state index contributed by atoms with van der Waals surface area (Å²) in [5, 5.41) is 4.86. The summed E-state index contributed by atoms with van der Waals surface area (Å²) in [6, 6.07) is 14.9. The van der Waals surface area contributed by atoms with Crippen molar-refractivity contribution < 1.29 is 13.2 Å². The smallest absolute Gasteiger partial charge is 0.256 e. The molecule has 2 aliphatic rings. The maximum Gasteiger partial charge on any atom is 0.256 e. The topological polar surface area (TPSA) is 96.7 Å². The Bertz CT molecular complexity index is 1460. The molecule has 8 nitrogen and oxygen atoms in total. The first-order valence-corrected chi connectivity index (χ1v) is 13.6. The van der Waals surface area contributed by atoms with Crippen LogP contribution < -0.4 is 4.72 Å². The number of carbonyl (C=O) groups excluding carboxylic acids is 1. The summed E-state index contributed by atoms with van der Waals surface area (Å²) in [5.41, 5.74) is 5.59. The fourth-order valence-corrected chi connectivity index (χ4v) is 5.35. The van der Waals surface area contributed by atoms with E-state index < -0.39 is 10.0 Å². The van der Waals surface area contributed by atoms with Crippen LogP contribution in [0.3, 0.4) is 0 Å². The minimum Gasteiger partial charge on any atom is -0.325 e. The van der Waals surface area contributed by atoms with Gasteiger partial charge >= 0.3 is 0 Å². The van der Waals surface area contributed by atoms with Gasteiger partial charge in [-0.3, -0.25) is 9.52 Å². The van der Waals surface area contributed by atoms with Crippen LogP contribution in [0.25, 0.3) is 0 Å². The fraction of sp³-hybridized carbons (Fsp3) is 0.346. The molecule has 2 aromatic carbocycles. The Morgan fingerprint density at radius 2 is 1.83 bits per heavy atom. The van der Waals surface area contributed by atoms with Crippen LogP contribution in [-0.2, 0) is 29.5 Å². The molecule has 0 aliphatic carbocycles. The van der Waals surface area contributed by atoms with Gasteiger partial charge in [0.25, 0.3) is 5.91 Å². The van der Waals surface area contributed by atoms with Crippen LogP contribution in [0.1, 0.15) is 52.6 Å². The van der Waals surface area contributed by atoms with Gasteiger partial charge in [-0.05, 0) is 43.5 Å². The molecule has 1 amide bonds. The van der Waals surface area contributed by atoms with Gasteiger partial charge in [-0.15, -0.1) is 0 Å². The highest BCUT2D eigenvalue weighted by atomic mass is 32.2. The van der Waals surface area contributed by atoms with Crippen molar-refractivity contribution in [3.05, 3.63) is 76.5 Å². The molecule has 2 atom stereocenters. The molecule has 3 heterocycles. The Balaban J connectivity index is 1.59. The lowest BCUT2D eigenvalue weighted by molar-refractivity contribution is 0.0633. The molecule has 182 valence electrons. The Morgan fingerprint density at radius 3 is 2.57 bits per heavy atom. The summed E-state index contributed by atoms with van der Waals surface area (Å²) in [4.78, 5) is 20.6. The normalized spacial score (nSPS) is 19.5. The zero-order chi connectivity index (χ0) is 24.9. The third kappa shape index (κ3) is 4.60. The predicted octanol–water partition coefficient (Wildman–Crippen LogP) is 4.24. The molecule has 0 fully saturated rings. The van der Waals surface area contributed by atoms with E-state index in [0.717, 1.165) is 41.2 Å². The monoisotopic (exact) mass is 491 g/mol. The first-order chi connectivity index (χ1) is 16.6. The Morgan fingerprint density at radius 1 is 1.09 bits per heavy atom. The van der Waals surface area contributed by atoms with Crippen LogP contribution in [0, 0.1) is 12.8 Å². The number of sulfonamides is 1. The van der Waals surface area contributed by atoms with Crippen molar-refractivity contribution in [3.8, 4) is 0 Å². The molecule has 1 aromatic heterocycles. The van der Waals surface area contributed by atoms with E-state index >= 15 is 0 Å². The summed E-state index contributed by atoms with van der Waals surface area (Å²) in [6.07, 6.45) is 1.71. The third-order valence-electron chi connectivity index (χ3n) is 6.78. The number of aromatic nitrogens is 2. The van der Waals surface area contributed by atoms with Crippen molar-refractivity contribution in [2.24, 2.45) is 10.9 Å². The molecule has 0 saturated heterocycles. The van der Waals surface area contributed by atoms with Crippen molar-refractivity contribution in [1.29, 1.82) is 0 Å². The molecule has 5 rings (SSSR count). The van der Waals surface area contributed by atoms with Crippen LogP contribution in [0.15, 0.2) is 53.5 Å². The van der Waals surface area contributed by atoms with E-state index in [4.69, 9.17) is 10.1 Å². The molecular formula is C26H29N5O3S. The van der Waals surface area contributed by atoms with Crippen LogP contribution in [0.5, 0.6) is 0 Å². The average Bonchev–Trinajstić information content (AvgIpc) is 3.20. The summed E-state index contributed by atoms with van der Waals surface area (Å²) < 4.78 is 28.4. The zero-order valence-electron chi connectivity index (χ0n) is 20.3. The lowest BCUT2D eigenvalue weighted by atomic mass is 9.91. The molecule has 1 N–H and O–H groups in total. The number of hydrogen-bond acceptors (Lipinski definition) is 5. The van der Waals surface area contributed by atoms with Crippen molar-refractivity contribution in [1.82, 2.24) is 14.7 Å². The molecule has 0 saturated carbocycles. The maximum absolute atomic E-state index is 14.0. The number of aliphatic imine (C=N–C) groups is 1. The molecule has 3 aromatic rings. The number of nitrogens with one attached hydrogen (secondary N) is 1. The SMILES string of the molecule is CC1=Nc2cc([C@@H]3Cc4ccccc4CN3C(=O)c3cc(C)ccc3NS(C)(=O)=O)nn2CC1C. The number of aryl methyl sites for hydroxylation is 1. The van der Waals surface area contributed by atoms with Crippen LogP contribution >= 0.6 is 0 Å². The number of nitrogens with zero attached hydrogens (tertiary/aromatic N) is 4. The molecule has 35 heavy (non-hydrogen) atoms. The minimum absolute atomic E-state index is 0.238. The molecule has 0 spiro atoms. The summed E-state index contributed by atoms with van der Waals surface area (Å²) in [6.45, 7) is 7.20. The summed E-state index contributed by atoms with van der Waals surface area (Å²) in [5.74, 6) is 0.868. The average molecular weight is 492 g/mol. The first kappa shape index (κ1) is 23.3. The highest BCUT2D eigenvalue weighted by molar-refractivity contribution is 7.92. The highest BCUT2D eigenvalue weighted by Crippen LogP contribution is 2.37. The van der Waals surface area contributed by atoms with E-state index in [1.165, 1.54) is 5.56 Å². The van der Waals surface area contributed by atoms with Gasteiger partial charge in [0, 0.05) is 24.2 Å². The molecule has 0 radical (unpaired) electrons. The second kappa shape index (κ2) is 8.64. The number of carbonyl (C=O) groups is 1. The summed E-state index contributed by atoms with van der Waals surface area (Å²) >= 11 is 0. The van der Waals surface area contributed by atoms with Crippen molar-refractivity contribution in [2.75, 3.05) is 11.0 Å². The number of anilines is 1. The number of hydrogen-bond donors (Lipinski definition) is 1.